The zero-order valence-electron chi connectivity index (χ0n) is 12.7. The van der Waals surface area contributed by atoms with E-state index in [1.807, 2.05) is 26.0 Å². The van der Waals surface area contributed by atoms with E-state index in [4.69, 9.17) is 4.74 Å². The second-order valence-corrected chi connectivity index (χ2v) is 5.74. The van der Waals surface area contributed by atoms with E-state index in [9.17, 15) is 4.79 Å². The Hall–Kier alpha value is -1.95. The molecule has 2 rings (SSSR count). The first-order valence-corrected chi connectivity index (χ1v) is 7.80. The minimum absolute atomic E-state index is 0.284. The molecule has 1 aliphatic rings. The molecule has 0 saturated heterocycles. The normalized spacial score (nSPS) is 15.0. The lowest BCUT2D eigenvalue weighted by Gasteiger charge is -2.28. The smallest absolute Gasteiger partial charge is 0.410 e. The van der Waals surface area contributed by atoms with Gasteiger partial charge in [-0.05, 0) is 31.0 Å². The van der Waals surface area contributed by atoms with Gasteiger partial charge < -0.3 is 4.74 Å². The Labute approximate surface area is 138 Å². The Balaban J connectivity index is 2.21. The molecule has 0 unspecified atom stereocenters. The predicted octanol–water partition coefficient (Wildman–Crippen LogP) is 4.09. The van der Waals surface area contributed by atoms with Crippen LogP contribution in [-0.2, 0) is 6.54 Å². The third-order valence-electron chi connectivity index (χ3n) is 3.15. The summed E-state index contributed by atoms with van der Waals surface area (Å²) in [7, 11) is 0. The van der Waals surface area contributed by atoms with Gasteiger partial charge in [-0.15, -0.1) is 0 Å². The molecule has 1 aliphatic heterocycles. The van der Waals surface area contributed by atoms with Gasteiger partial charge in [-0.2, -0.15) is 0 Å². The molecule has 0 bridgehead atoms. The largest absolute Gasteiger partial charge is 0.415 e. The fraction of sp³-hybridized carbons (Fsp3) is 0.312. The number of rotatable bonds is 4. The average Bonchev–Trinajstić information content (AvgIpc) is 2.48. The summed E-state index contributed by atoms with van der Waals surface area (Å²) < 4.78 is 6.39. The maximum Gasteiger partial charge on any atom is 0.415 e. The number of nitrogens with zero attached hydrogens (tertiary/aromatic N) is 3. The van der Waals surface area contributed by atoms with E-state index >= 15 is 0 Å². The number of carbonyl (C=O) groups is 1. The lowest BCUT2D eigenvalue weighted by Crippen LogP contribution is -2.40. The van der Waals surface area contributed by atoms with Crippen molar-refractivity contribution in [2.75, 3.05) is 6.54 Å². The molecule has 0 atom stereocenters. The van der Waals surface area contributed by atoms with Crippen LogP contribution in [0.2, 0.25) is 0 Å². The van der Waals surface area contributed by atoms with Gasteiger partial charge in [-0.25, -0.2) is 14.8 Å². The molecule has 0 aliphatic carbocycles. The van der Waals surface area contributed by atoms with Crippen molar-refractivity contribution < 1.29 is 9.53 Å². The summed E-state index contributed by atoms with van der Waals surface area (Å²) in [6.07, 6.45) is 3.59. The molecule has 6 heteroatoms. The Morgan fingerprint density at radius 3 is 3.00 bits per heavy atom. The van der Waals surface area contributed by atoms with E-state index < -0.39 is 6.09 Å². The molecule has 0 fully saturated rings. The van der Waals surface area contributed by atoms with E-state index in [0.29, 0.717) is 18.1 Å². The number of amidine groups is 1. The lowest BCUT2D eigenvalue weighted by atomic mass is 10.1. The van der Waals surface area contributed by atoms with Crippen molar-refractivity contribution in [3.8, 4) is 5.75 Å². The third-order valence-corrected chi connectivity index (χ3v) is 4.01. The number of carbonyl (C=O) groups excluding carboxylic acids is 1. The van der Waals surface area contributed by atoms with E-state index in [0.717, 1.165) is 22.0 Å². The summed E-state index contributed by atoms with van der Waals surface area (Å²) in [6, 6.07) is 3.84. The first-order chi connectivity index (χ1) is 10.5. The van der Waals surface area contributed by atoms with Gasteiger partial charge in [0.1, 0.15) is 11.6 Å². The number of benzene rings is 1. The van der Waals surface area contributed by atoms with Crippen LogP contribution in [0.4, 0.5) is 4.79 Å². The summed E-state index contributed by atoms with van der Waals surface area (Å²) in [6.45, 7) is 8.27. The summed E-state index contributed by atoms with van der Waals surface area (Å²) in [5, 5.41) is 0. The molecule has 0 saturated carbocycles. The van der Waals surface area contributed by atoms with Crippen molar-refractivity contribution >= 4 is 34.1 Å². The molecule has 0 spiro atoms. The first-order valence-electron chi connectivity index (χ1n) is 7.01. The highest BCUT2D eigenvalue weighted by atomic mass is 79.9. The van der Waals surface area contributed by atoms with E-state index in [1.165, 1.54) is 6.20 Å². The van der Waals surface area contributed by atoms with Crippen LogP contribution < -0.4 is 4.74 Å². The van der Waals surface area contributed by atoms with Crippen LogP contribution in [0, 0.1) is 6.92 Å². The van der Waals surface area contributed by atoms with Crippen molar-refractivity contribution in [2.24, 2.45) is 9.98 Å². The van der Waals surface area contributed by atoms with Gasteiger partial charge in [-0.3, -0.25) is 4.90 Å². The predicted molar refractivity (Wildman–Crippen MR) is 91.7 cm³/mol. The molecule has 0 aromatic heterocycles. The molecule has 5 nitrogen and oxygen atoms in total. The van der Waals surface area contributed by atoms with Gasteiger partial charge in [0.2, 0.25) is 0 Å². The van der Waals surface area contributed by atoms with Crippen molar-refractivity contribution in [2.45, 2.75) is 26.8 Å². The quantitative estimate of drug-likeness (QED) is 0.597. The van der Waals surface area contributed by atoms with Crippen molar-refractivity contribution in [3.63, 3.8) is 0 Å². The highest BCUT2D eigenvalue weighted by molar-refractivity contribution is 9.10. The minimum atomic E-state index is -0.391. The van der Waals surface area contributed by atoms with Crippen molar-refractivity contribution in [1.29, 1.82) is 0 Å². The Bertz CT molecular complexity index is 653. The van der Waals surface area contributed by atoms with Gasteiger partial charge in [0.15, 0.2) is 0 Å². The second-order valence-electron chi connectivity index (χ2n) is 4.88. The van der Waals surface area contributed by atoms with Crippen LogP contribution >= 0.6 is 15.9 Å². The molecule has 0 N–H and O–H groups in total. The Morgan fingerprint density at radius 1 is 1.55 bits per heavy atom. The maximum atomic E-state index is 12.1. The number of hydrogen-bond acceptors (Lipinski definition) is 3. The van der Waals surface area contributed by atoms with Crippen LogP contribution in [0.25, 0.3) is 0 Å². The number of fused-ring (bicyclic) bond motifs is 1. The summed E-state index contributed by atoms with van der Waals surface area (Å²) in [5.74, 6) is 1.14. The molecule has 1 aromatic carbocycles. The van der Waals surface area contributed by atoms with Gasteiger partial charge in [-0.1, -0.05) is 29.4 Å². The number of aliphatic imine (C=N–C) groups is 2. The fourth-order valence-electron chi connectivity index (χ4n) is 2.05. The third kappa shape index (κ3) is 3.82. The highest BCUT2D eigenvalue weighted by Crippen LogP contribution is 2.31. The molecule has 1 aromatic rings. The fourth-order valence-corrected chi connectivity index (χ4v) is 2.44. The zero-order valence-corrected chi connectivity index (χ0v) is 14.3. The van der Waals surface area contributed by atoms with Gasteiger partial charge in [0.05, 0.1) is 13.1 Å². The first kappa shape index (κ1) is 16.4. The Kier molecular flexibility index (Phi) is 5.49. The standard InChI is InChI=1S/C16H18BrN3O2/c1-4-6-19-15(18-5-2)10-20-9-12-8-13(17)11(3)7-14(12)22-16(20)21/h5-8H,2,4,9-10H2,1,3H3. The summed E-state index contributed by atoms with van der Waals surface area (Å²) in [5.41, 5.74) is 1.98. The van der Waals surface area contributed by atoms with E-state index in [2.05, 4.69) is 32.5 Å². The van der Waals surface area contributed by atoms with Gasteiger partial charge in [0.25, 0.3) is 0 Å². The lowest BCUT2D eigenvalue weighted by molar-refractivity contribution is 0.146. The van der Waals surface area contributed by atoms with E-state index in [-0.39, 0.29) is 6.54 Å². The second kappa shape index (κ2) is 7.35. The number of amides is 1. The SMILES string of the molecule is C=CN=C(CN1Cc2cc(Br)c(C)cc2OC1=O)N=CCC. The molecular weight excluding hydrogens is 346 g/mol. The van der Waals surface area contributed by atoms with Gasteiger partial charge in [0, 0.05) is 22.5 Å². The minimum Gasteiger partial charge on any atom is -0.410 e. The average molecular weight is 364 g/mol. The Morgan fingerprint density at radius 2 is 2.32 bits per heavy atom. The van der Waals surface area contributed by atoms with Crippen molar-refractivity contribution in [3.05, 3.63) is 40.5 Å². The molecule has 1 heterocycles. The molecule has 116 valence electrons. The molecular formula is C16H18BrN3O2. The zero-order chi connectivity index (χ0) is 16.1. The van der Waals surface area contributed by atoms with Crippen LogP contribution in [-0.4, -0.2) is 29.6 Å². The number of ether oxygens (including phenoxy) is 1. The summed E-state index contributed by atoms with van der Waals surface area (Å²) >= 11 is 3.50. The maximum absolute atomic E-state index is 12.1. The van der Waals surface area contributed by atoms with E-state index in [1.54, 1.807) is 11.1 Å². The highest BCUT2D eigenvalue weighted by Gasteiger charge is 2.26. The molecule has 22 heavy (non-hydrogen) atoms. The van der Waals surface area contributed by atoms with Crippen LogP contribution in [0.5, 0.6) is 5.75 Å². The topological polar surface area (TPSA) is 54.3 Å². The van der Waals surface area contributed by atoms with Crippen molar-refractivity contribution in [1.82, 2.24) is 4.90 Å². The molecule has 0 radical (unpaired) electrons. The van der Waals surface area contributed by atoms with Crippen LogP contribution in [0.1, 0.15) is 24.5 Å². The van der Waals surface area contributed by atoms with Crippen LogP contribution in [0.3, 0.4) is 0 Å². The van der Waals surface area contributed by atoms with Crippen LogP contribution in [0.15, 0.2) is 39.4 Å². The number of aryl methyl sites for hydroxylation is 1. The monoisotopic (exact) mass is 363 g/mol. The number of hydrogen-bond donors (Lipinski definition) is 0. The van der Waals surface area contributed by atoms with Gasteiger partial charge >= 0.3 is 6.09 Å². The summed E-state index contributed by atoms with van der Waals surface area (Å²) in [4.78, 5) is 22.0. The molecule has 1 amide bonds. The number of halogens is 1.